The first-order valence-electron chi connectivity index (χ1n) is 9.76. The minimum absolute atomic E-state index is 0.0788. The molecule has 2 N–H and O–H groups in total. The van der Waals surface area contributed by atoms with Crippen LogP contribution in [0, 0.1) is 0 Å². The van der Waals surface area contributed by atoms with Crippen molar-refractivity contribution in [2.75, 3.05) is 19.6 Å². The summed E-state index contributed by atoms with van der Waals surface area (Å²) in [4.78, 5) is 14.8. The third-order valence-electron chi connectivity index (χ3n) is 5.20. The fourth-order valence-electron chi connectivity index (χ4n) is 3.56. The Morgan fingerprint density at radius 3 is 2.69 bits per heavy atom. The molecule has 1 aliphatic rings. The van der Waals surface area contributed by atoms with Crippen LogP contribution in [0.1, 0.15) is 35.7 Å². The van der Waals surface area contributed by atoms with Gasteiger partial charge in [-0.15, -0.1) is 0 Å². The van der Waals surface area contributed by atoms with Gasteiger partial charge in [-0.1, -0.05) is 48.9 Å². The number of likely N-dealkylation sites (tertiary alicyclic amines) is 1. The Hall–Kier alpha value is -1.93. The van der Waals surface area contributed by atoms with Gasteiger partial charge in [-0.2, -0.15) is 0 Å². The summed E-state index contributed by atoms with van der Waals surface area (Å²) in [6, 6.07) is 13.8. The molecule has 0 aliphatic carbocycles. The highest BCUT2D eigenvalue weighted by Gasteiger charge is 2.24. The summed E-state index contributed by atoms with van der Waals surface area (Å²) >= 11 is 6.13. The third-order valence-corrected chi connectivity index (χ3v) is 7.08. The Labute approximate surface area is 177 Å². The average molecular weight is 436 g/mol. The molecule has 2 aromatic carbocycles. The SMILES string of the molecule is CCN1CCCC1CNC(=O)c1ccc(Cl)c(S(=O)(=O)NCc2ccccc2)c1. The van der Waals surface area contributed by atoms with E-state index in [0.717, 1.165) is 31.5 Å². The standard InChI is InChI=1S/C21H26ClN3O3S/c1-2-25-12-6-9-18(25)15-23-21(26)17-10-11-19(22)20(13-17)29(27,28)24-14-16-7-4-3-5-8-16/h3-5,7-8,10-11,13,18,24H,2,6,9,12,14-15H2,1H3,(H,23,26). The molecule has 1 saturated heterocycles. The van der Waals surface area contributed by atoms with Crippen molar-refractivity contribution in [3.8, 4) is 0 Å². The van der Waals surface area contributed by atoms with Gasteiger partial charge in [-0.05, 0) is 49.7 Å². The monoisotopic (exact) mass is 435 g/mol. The zero-order valence-electron chi connectivity index (χ0n) is 16.4. The topological polar surface area (TPSA) is 78.5 Å². The molecule has 1 amide bonds. The van der Waals surface area contributed by atoms with Crippen LogP contribution in [-0.4, -0.2) is 44.9 Å². The Morgan fingerprint density at radius 1 is 1.21 bits per heavy atom. The van der Waals surface area contributed by atoms with Crippen LogP contribution in [0.3, 0.4) is 0 Å². The molecule has 3 rings (SSSR count). The molecule has 0 spiro atoms. The van der Waals surface area contributed by atoms with E-state index >= 15 is 0 Å². The number of hydrogen-bond donors (Lipinski definition) is 2. The molecule has 1 heterocycles. The quantitative estimate of drug-likeness (QED) is 0.668. The molecule has 1 atom stereocenters. The molecular weight excluding hydrogens is 410 g/mol. The van der Waals surface area contributed by atoms with Gasteiger partial charge in [0.25, 0.3) is 5.91 Å². The first-order chi connectivity index (χ1) is 13.9. The molecule has 6 nitrogen and oxygen atoms in total. The minimum atomic E-state index is -3.86. The number of hydrogen-bond acceptors (Lipinski definition) is 4. The molecule has 0 aromatic heterocycles. The summed E-state index contributed by atoms with van der Waals surface area (Å²) < 4.78 is 28.0. The molecule has 8 heteroatoms. The van der Waals surface area contributed by atoms with E-state index in [-0.39, 0.29) is 27.9 Å². The van der Waals surface area contributed by atoms with Crippen LogP contribution in [0.5, 0.6) is 0 Å². The van der Waals surface area contributed by atoms with E-state index in [1.54, 1.807) is 6.07 Å². The number of rotatable bonds is 8. The van der Waals surface area contributed by atoms with Gasteiger partial charge in [0.15, 0.2) is 0 Å². The molecule has 0 radical (unpaired) electrons. The summed E-state index contributed by atoms with van der Waals surface area (Å²) in [6.07, 6.45) is 2.18. The number of carbonyl (C=O) groups excluding carboxylic acids is 1. The zero-order valence-corrected chi connectivity index (χ0v) is 18.0. The Bertz CT molecular complexity index is 951. The second kappa shape index (κ2) is 9.71. The fraction of sp³-hybridized carbons (Fsp3) is 0.381. The minimum Gasteiger partial charge on any atom is -0.350 e. The van der Waals surface area contributed by atoms with Crippen molar-refractivity contribution in [3.63, 3.8) is 0 Å². The van der Waals surface area contributed by atoms with E-state index in [1.165, 1.54) is 12.1 Å². The van der Waals surface area contributed by atoms with Gasteiger partial charge in [0.05, 0.1) is 5.02 Å². The lowest BCUT2D eigenvalue weighted by atomic mass is 10.2. The van der Waals surface area contributed by atoms with Crippen LogP contribution in [0.15, 0.2) is 53.4 Å². The van der Waals surface area contributed by atoms with E-state index in [0.29, 0.717) is 12.6 Å². The van der Waals surface area contributed by atoms with Crippen LogP contribution in [0.25, 0.3) is 0 Å². The maximum Gasteiger partial charge on any atom is 0.251 e. The third kappa shape index (κ3) is 5.57. The van der Waals surface area contributed by atoms with Gasteiger partial charge in [0.2, 0.25) is 10.0 Å². The molecular formula is C21H26ClN3O3S. The zero-order chi connectivity index (χ0) is 20.9. The largest absolute Gasteiger partial charge is 0.350 e. The van der Waals surface area contributed by atoms with Gasteiger partial charge in [0.1, 0.15) is 4.90 Å². The first kappa shape index (κ1) is 21.8. The Kier molecular flexibility index (Phi) is 7.29. The van der Waals surface area contributed by atoms with Crippen LogP contribution >= 0.6 is 11.6 Å². The van der Waals surface area contributed by atoms with E-state index < -0.39 is 10.0 Å². The number of likely N-dealkylation sites (N-methyl/N-ethyl adjacent to an activating group) is 1. The van der Waals surface area contributed by atoms with E-state index in [2.05, 4.69) is 21.9 Å². The van der Waals surface area contributed by atoms with Gasteiger partial charge in [-0.25, -0.2) is 13.1 Å². The Balaban J connectivity index is 1.69. The lowest BCUT2D eigenvalue weighted by Gasteiger charge is -2.22. The highest BCUT2D eigenvalue weighted by Crippen LogP contribution is 2.23. The van der Waals surface area contributed by atoms with Gasteiger partial charge < -0.3 is 5.32 Å². The summed E-state index contributed by atoms with van der Waals surface area (Å²) in [5, 5.41) is 3.00. The van der Waals surface area contributed by atoms with Crippen LogP contribution in [0.4, 0.5) is 0 Å². The number of nitrogens with zero attached hydrogens (tertiary/aromatic N) is 1. The smallest absolute Gasteiger partial charge is 0.251 e. The van der Waals surface area contributed by atoms with Crippen molar-refractivity contribution in [1.82, 2.24) is 14.9 Å². The molecule has 0 bridgehead atoms. The summed E-state index contributed by atoms with van der Waals surface area (Å²) in [5.41, 5.74) is 1.11. The molecule has 29 heavy (non-hydrogen) atoms. The van der Waals surface area contributed by atoms with E-state index in [1.807, 2.05) is 30.3 Å². The van der Waals surface area contributed by atoms with E-state index in [9.17, 15) is 13.2 Å². The van der Waals surface area contributed by atoms with Crippen molar-refractivity contribution in [1.29, 1.82) is 0 Å². The van der Waals surface area contributed by atoms with Crippen LogP contribution < -0.4 is 10.0 Å². The first-order valence-corrected chi connectivity index (χ1v) is 11.6. The van der Waals surface area contributed by atoms with Crippen molar-refractivity contribution in [3.05, 3.63) is 64.7 Å². The highest BCUT2D eigenvalue weighted by molar-refractivity contribution is 7.89. The number of halogens is 1. The lowest BCUT2D eigenvalue weighted by Crippen LogP contribution is -2.40. The van der Waals surface area contributed by atoms with Gasteiger partial charge >= 0.3 is 0 Å². The molecule has 2 aromatic rings. The molecule has 1 fully saturated rings. The van der Waals surface area contributed by atoms with Gasteiger partial charge in [-0.3, -0.25) is 9.69 Å². The molecule has 1 aliphatic heterocycles. The van der Waals surface area contributed by atoms with E-state index in [4.69, 9.17) is 11.6 Å². The number of carbonyl (C=O) groups is 1. The van der Waals surface area contributed by atoms with Crippen LogP contribution in [0.2, 0.25) is 5.02 Å². The number of nitrogens with one attached hydrogen (secondary N) is 2. The van der Waals surface area contributed by atoms with Crippen LogP contribution in [-0.2, 0) is 16.6 Å². The number of benzene rings is 2. The second-order valence-electron chi connectivity index (χ2n) is 7.09. The normalized spacial score (nSPS) is 17.4. The molecule has 0 saturated carbocycles. The molecule has 156 valence electrons. The predicted octanol–water partition coefficient (Wildman–Crippen LogP) is 3.03. The Morgan fingerprint density at radius 2 is 1.97 bits per heavy atom. The van der Waals surface area contributed by atoms with Crippen molar-refractivity contribution < 1.29 is 13.2 Å². The maximum atomic E-state index is 12.7. The van der Waals surface area contributed by atoms with Crippen molar-refractivity contribution in [2.24, 2.45) is 0 Å². The maximum absolute atomic E-state index is 12.7. The predicted molar refractivity (Wildman–Crippen MR) is 115 cm³/mol. The number of sulfonamides is 1. The summed E-state index contributed by atoms with van der Waals surface area (Å²) in [7, 11) is -3.86. The summed E-state index contributed by atoms with van der Waals surface area (Å²) in [5.74, 6) is -0.302. The van der Waals surface area contributed by atoms with Crippen molar-refractivity contribution in [2.45, 2.75) is 37.2 Å². The van der Waals surface area contributed by atoms with Gasteiger partial charge in [0, 0.05) is 24.7 Å². The molecule has 1 unspecified atom stereocenters. The number of amides is 1. The van der Waals surface area contributed by atoms with Crippen molar-refractivity contribution >= 4 is 27.5 Å². The highest BCUT2D eigenvalue weighted by atomic mass is 35.5. The second-order valence-corrected chi connectivity index (χ2v) is 9.23. The summed E-state index contributed by atoms with van der Waals surface area (Å²) in [6.45, 7) is 4.80. The average Bonchev–Trinajstić information content (AvgIpc) is 3.19. The lowest BCUT2D eigenvalue weighted by molar-refractivity contribution is 0.0941. The fourth-order valence-corrected chi connectivity index (χ4v) is 5.10.